The zero-order chi connectivity index (χ0) is 21.5. The number of halogens is 2. The highest BCUT2D eigenvalue weighted by molar-refractivity contribution is 7.92. The molecule has 160 valence electrons. The quantitative estimate of drug-likeness (QED) is 0.602. The van der Waals surface area contributed by atoms with Gasteiger partial charge in [-0.25, -0.2) is 8.42 Å². The number of hydrogen-bond acceptors (Lipinski definition) is 3. The maximum Gasteiger partial charge on any atom is 0.263 e. The van der Waals surface area contributed by atoms with Crippen LogP contribution in [0.25, 0.3) is 0 Å². The van der Waals surface area contributed by atoms with Gasteiger partial charge in [-0.2, -0.15) is 0 Å². The van der Waals surface area contributed by atoms with Gasteiger partial charge in [0, 0.05) is 22.3 Å². The zero-order valence-electron chi connectivity index (χ0n) is 16.6. The lowest BCUT2D eigenvalue weighted by atomic mass is 9.84. The van der Waals surface area contributed by atoms with E-state index in [9.17, 15) is 13.2 Å². The van der Waals surface area contributed by atoms with E-state index < -0.39 is 10.0 Å². The van der Waals surface area contributed by atoms with Crippen molar-refractivity contribution >= 4 is 44.8 Å². The molecule has 1 amide bonds. The summed E-state index contributed by atoms with van der Waals surface area (Å²) in [6.07, 6.45) is 4.98. The van der Waals surface area contributed by atoms with E-state index in [0.717, 1.165) is 12.3 Å². The molecule has 5 nitrogen and oxygen atoms in total. The lowest BCUT2D eigenvalue weighted by Gasteiger charge is -2.28. The summed E-state index contributed by atoms with van der Waals surface area (Å²) in [5, 5.41) is 3.61. The van der Waals surface area contributed by atoms with Crippen LogP contribution in [-0.4, -0.2) is 20.4 Å². The van der Waals surface area contributed by atoms with Gasteiger partial charge in [0.2, 0.25) is 0 Å². The number of sulfonamides is 1. The number of rotatable bonds is 6. The molecule has 2 aliphatic carbocycles. The number of fused-ring (bicyclic) bond motifs is 2. The molecule has 2 fully saturated rings. The van der Waals surface area contributed by atoms with Gasteiger partial charge < -0.3 is 5.32 Å². The van der Waals surface area contributed by atoms with Crippen LogP contribution in [0.15, 0.2) is 47.4 Å². The fourth-order valence-corrected chi connectivity index (χ4v) is 6.59. The summed E-state index contributed by atoms with van der Waals surface area (Å²) < 4.78 is 28.1. The largest absolute Gasteiger partial charge is 0.349 e. The van der Waals surface area contributed by atoms with E-state index in [1.165, 1.54) is 31.4 Å². The fourth-order valence-electron chi connectivity index (χ4n) is 4.88. The molecular weight excluding hydrogens is 443 g/mol. The van der Waals surface area contributed by atoms with Crippen LogP contribution in [0, 0.1) is 17.8 Å². The molecule has 0 heterocycles. The van der Waals surface area contributed by atoms with Gasteiger partial charge >= 0.3 is 0 Å². The van der Waals surface area contributed by atoms with Crippen molar-refractivity contribution in [2.75, 3.05) is 4.72 Å². The number of nitrogens with one attached hydrogen (secondary N) is 2. The Labute approximate surface area is 187 Å². The Morgan fingerprint density at radius 1 is 1.07 bits per heavy atom. The molecule has 0 saturated heterocycles. The zero-order valence-corrected chi connectivity index (χ0v) is 18.9. The second-order valence-electron chi connectivity index (χ2n) is 8.36. The molecule has 0 spiro atoms. The third kappa shape index (κ3) is 4.46. The lowest BCUT2D eigenvalue weighted by molar-refractivity contribution is 0.0915. The van der Waals surface area contributed by atoms with E-state index in [1.807, 2.05) is 6.92 Å². The van der Waals surface area contributed by atoms with Crippen LogP contribution in [0.1, 0.15) is 43.0 Å². The summed E-state index contributed by atoms with van der Waals surface area (Å²) >= 11 is 12.0. The first-order valence-corrected chi connectivity index (χ1v) is 12.4. The summed E-state index contributed by atoms with van der Waals surface area (Å²) in [5.41, 5.74) is 0.626. The van der Waals surface area contributed by atoms with Crippen molar-refractivity contribution in [3.05, 3.63) is 58.1 Å². The van der Waals surface area contributed by atoms with Gasteiger partial charge in [0.05, 0.1) is 5.02 Å². The average molecular weight is 467 g/mol. The number of carbonyl (C=O) groups is 1. The first-order valence-electron chi connectivity index (χ1n) is 10.1. The van der Waals surface area contributed by atoms with Gasteiger partial charge in [-0.1, -0.05) is 29.6 Å². The van der Waals surface area contributed by atoms with E-state index in [4.69, 9.17) is 23.2 Å². The minimum absolute atomic E-state index is 0.0502. The Morgan fingerprint density at radius 3 is 2.43 bits per heavy atom. The van der Waals surface area contributed by atoms with Crippen molar-refractivity contribution in [3.8, 4) is 0 Å². The second kappa shape index (κ2) is 8.40. The smallest absolute Gasteiger partial charge is 0.263 e. The van der Waals surface area contributed by atoms with Gasteiger partial charge in [-0.3, -0.25) is 9.52 Å². The van der Waals surface area contributed by atoms with Crippen LogP contribution < -0.4 is 10.0 Å². The second-order valence-corrected chi connectivity index (χ2v) is 10.9. The first kappa shape index (κ1) is 21.5. The molecule has 4 rings (SSSR count). The molecule has 0 aliphatic heterocycles. The molecule has 2 aromatic rings. The Morgan fingerprint density at radius 2 is 1.80 bits per heavy atom. The highest BCUT2D eigenvalue weighted by Gasteiger charge is 2.42. The fraction of sp³-hybridized carbons (Fsp3) is 0.409. The van der Waals surface area contributed by atoms with Gasteiger partial charge in [-0.15, -0.1) is 0 Å². The third-order valence-electron chi connectivity index (χ3n) is 6.37. The lowest BCUT2D eigenvalue weighted by Crippen LogP contribution is -2.40. The highest BCUT2D eigenvalue weighted by atomic mass is 35.5. The van der Waals surface area contributed by atoms with Crippen molar-refractivity contribution in [1.82, 2.24) is 5.32 Å². The highest BCUT2D eigenvalue weighted by Crippen LogP contribution is 2.49. The molecule has 2 saturated carbocycles. The van der Waals surface area contributed by atoms with E-state index in [-0.39, 0.29) is 27.4 Å². The Hall–Kier alpha value is -1.76. The topological polar surface area (TPSA) is 75.3 Å². The molecule has 0 unspecified atom stereocenters. The monoisotopic (exact) mass is 466 g/mol. The van der Waals surface area contributed by atoms with Crippen LogP contribution in [0.2, 0.25) is 10.0 Å². The maximum absolute atomic E-state index is 12.8. The molecule has 8 heteroatoms. The summed E-state index contributed by atoms with van der Waals surface area (Å²) in [7, 11) is -3.97. The number of hydrogen-bond donors (Lipinski definition) is 2. The molecule has 2 aromatic carbocycles. The van der Waals surface area contributed by atoms with E-state index >= 15 is 0 Å². The summed E-state index contributed by atoms with van der Waals surface area (Å²) in [5.74, 6) is 1.69. The molecule has 0 radical (unpaired) electrons. The maximum atomic E-state index is 12.8. The van der Waals surface area contributed by atoms with Gasteiger partial charge in [0.25, 0.3) is 15.9 Å². The molecule has 2 aliphatic rings. The number of benzene rings is 2. The number of amides is 1. The van der Waals surface area contributed by atoms with Crippen LogP contribution >= 0.6 is 23.2 Å². The molecule has 4 atom stereocenters. The molecule has 0 aromatic heterocycles. The van der Waals surface area contributed by atoms with Gasteiger partial charge in [-0.05, 0) is 86.4 Å². The predicted octanol–water partition coefficient (Wildman–Crippen LogP) is 5.35. The standard InChI is InChI=1S/C22H24Cl2N2O3S/c1-13(19-11-14-2-3-15(19)10-14)25-22(27)16-4-9-20(24)21(12-16)30(28,29)26-18-7-5-17(23)6-8-18/h4-9,12-15,19,26H,2-3,10-11H2,1H3,(H,25,27)/t13-,14+,15+,19+/m1/s1. The van der Waals surface area contributed by atoms with Crippen LogP contribution in [0.3, 0.4) is 0 Å². The van der Waals surface area contributed by atoms with Crippen LogP contribution in [0.4, 0.5) is 5.69 Å². The van der Waals surface area contributed by atoms with Crippen molar-refractivity contribution in [3.63, 3.8) is 0 Å². The summed E-state index contributed by atoms with van der Waals surface area (Å²) in [6.45, 7) is 2.04. The van der Waals surface area contributed by atoms with Crippen molar-refractivity contribution in [2.24, 2.45) is 17.8 Å². The van der Waals surface area contributed by atoms with Gasteiger partial charge in [0.15, 0.2) is 0 Å². The van der Waals surface area contributed by atoms with Crippen molar-refractivity contribution < 1.29 is 13.2 Å². The van der Waals surface area contributed by atoms with Crippen LogP contribution in [0.5, 0.6) is 0 Å². The van der Waals surface area contributed by atoms with Crippen LogP contribution in [-0.2, 0) is 10.0 Å². The normalized spacial score (nSPS) is 23.9. The molecule has 30 heavy (non-hydrogen) atoms. The minimum atomic E-state index is -3.97. The Kier molecular flexibility index (Phi) is 6.02. The Bertz CT molecular complexity index is 1060. The van der Waals surface area contributed by atoms with E-state index in [1.54, 1.807) is 30.3 Å². The number of carbonyl (C=O) groups excluding carboxylic acids is 1. The van der Waals surface area contributed by atoms with E-state index in [0.29, 0.717) is 22.5 Å². The molecular formula is C22H24Cl2N2O3S. The summed E-state index contributed by atoms with van der Waals surface area (Å²) in [6, 6.07) is 10.6. The minimum Gasteiger partial charge on any atom is -0.349 e. The third-order valence-corrected chi connectivity index (χ3v) is 8.49. The predicted molar refractivity (Wildman–Crippen MR) is 120 cm³/mol. The van der Waals surface area contributed by atoms with E-state index in [2.05, 4.69) is 10.0 Å². The van der Waals surface area contributed by atoms with Gasteiger partial charge in [0.1, 0.15) is 4.90 Å². The first-order chi connectivity index (χ1) is 14.2. The SMILES string of the molecule is C[C@@H](NC(=O)c1ccc(Cl)c(S(=O)(=O)Nc2ccc(Cl)cc2)c1)[C@@H]1C[C@H]2CC[C@H]1C2. The molecule has 2 N–H and O–H groups in total. The summed E-state index contributed by atoms with van der Waals surface area (Å²) in [4.78, 5) is 12.7. The Balaban J connectivity index is 1.50. The molecule has 2 bridgehead atoms. The van der Waals surface area contributed by atoms with Crippen molar-refractivity contribution in [2.45, 2.75) is 43.5 Å². The van der Waals surface area contributed by atoms with Crippen molar-refractivity contribution in [1.29, 1.82) is 0 Å². The number of anilines is 1. The average Bonchev–Trinajstić information content (AvgIpc) is 3.33.